The van der Waals surface area contributed by atoms with E-state index in [0.717, 1.165) is 30.5 Å². The van der Waals surface area contributed by atoms with Crippen LogP contribution in [-0.4, -0.2) is 49.6 Å². The summed E-state index contributed by atoms with van der Waals surface area (Å²) in [7, 11) is 0. The fraction of sp³-hybridized carbons (Fsp3) is 0.333. The fourth-order valence-corrected chi connectivity index (χ4v) is 3.92. The number of ether oxygens (including phenoxy) is 1. The molecule has 3 aromatic rings. The van der Waals surface area contributed by atoms with E-state index in [1.165, 1.54) is 12.5 Å². The second-order valence-corrected chi connectivity index (χ2v) is 7.98. The molecule has 2 aromatic carbocycles. The molecule has 0 aliphatic carbocycles. The Morgan fingerprint density at radius 3 is 2.61 bits per heavy atom. The van der Waals surface area contributed by atoms with Crippen LogP contribution in [0, 0.1) is 5.92 Å². The normalized spacial score (nSPS) is 17.3. The number of benzene rings is 2. The Labute approximate surface area is 181 Å². The molecule has 7 nitrogen and oxygen atoms in total. The number of carbonyl (C=O) groups is 2. The minimum absolute atomic E-state index is 0.0649. The summed E-state index contributed by atoms with van der Waals surface area (Å²) in [5.74, 6) is 0.114. The number of nitrogens with one attached hydrogen (secondary N) is 2. The van der Waals surface area contributed by atoms with Gasteiger partial charge in [0.15, 0.2) is 0 Å². The molecule has 2 amide bonds. The van der Waals surface area contributed by atoms with Gasteiger partial charge in [-0.2, -0.15) is 0 Å². The zero-order valence-electron chi connectivity index (χ0n) is 17.6. The topological polar surface area (TPSA) is 83.8 Å². The average molecular weight is 421 g/mol. The van der Waals surface area contributed by atoms with E-state index in [2.05, 4.69) is 33.7 Å². The fourth-order valence-electron chi connectivity index (χ4n) is 3.92. The van der Waals surface area contributed by atoms with Gasteiger partial charge < -0.3 is 19.8 Å². The van der Waals surface area contributed by atoms with E-state index < -0.39 is 0 Å². The minimum atomic E-state index is -0.126. The van der Waals surface area contributed by atoms with E-state index in [1.54, 1.807) is 30.5 Å². The van der Waals surface area contributed by atoms with Gasteiger partial charge in [-0.25, -0.2) is 0 Å². The molecule has 162 valence electrons. The van der Waals surface area contributed by atoms with Crippen molar-refractivity contribution in [3.05, 3.63) is 60.4 Å². The second-order valence-electron chi connectivity index (χ2n) is 7.98. The Kier molecular flexibility index (Phi) is 6.64. The molecule has 1 saturated heterocycles. The number of carbonyl (C=O) groups excluding carboxylic acids is 2. The molecular weight excluding hydrogens is 394 g/mol. The second kappa shape index (κ2) is 9.76. The van der Waals surface area contributed by atoms with Crippen LogP contribution in [0.2, 0.25) is 0 Å². The van der Waals surface area contributed by atoms with Gasteiger partial charge in [0.1, 0.15) is 5.58 Å². The quantitative estimate of drug-likeness (QED) is 0.636. The third-order valence-electron chi connectivity index (χ3n) is 5.32. The van der Waals surface area contributed by atoms with Crippen LogP contribution in [0.5, 0.6) is 0 Å². The van der Waals surface area contributed by atoms with Crippen LogP contribution in [0.1, 0.15) is 12.5 Å². The smallest absolute Gasteiger partial charge is 0.238 e. The van der Waals surface area contributed by atoms with E-state index in [4.69, 9.17) is 9.15 Å². The summed E-state index contributed by atoms with van der Waals surface area (Å²) in [4.78, 5) is 25.8. The van der Waals surface area contributed by atoms with Gasteiger partial charge in [0.05, 0.1) is 26.0 Å². The predicted octanol–water partition coefficient (Wildman–Crippen LogP) is 3.52. The molecular formula is C24H27N3O4. The van der Waals surface area contributed by atoms with E-state index in [9.17, 15) is 9.59 Å². The first kappa shape index (κ1) is 21.1. The van der Waals surface area contributed by atoms with Crippen LogP contribution < -0.4 is 10.6 Å². The summed E-state index contributed by atoms with van der Waals surface area (Å²) >= 11 is 0. The SMILES string of the molecule is CC(=O)Nc1ccc(NC(=O)CN2CCOCC(Cc3ccc4ccoc4c3)C2)cc1. The standard InChI is InChI=1S/C24H27N3O4/c1-17(28)25-21-4-6-22(7-5-21)26-24(29)15-27-9-11-30-16-19(14-27)12-18-2-3-20-8-10-31-23(20)13-18/h2-8,10,13,19H,9,11-12,14-16H2,1H3,(H,25,28)(H,26,29). The summed E-state index contributed by atoms with van der Waals surface area (Å²) in [6.45, 7) is 4.59. The molecule has 31 heavy (non-hydrogen) atoms. The Morgan fingerprint density at radius 1 is 1.06 bits per heavy atom. The van der Waals surface area contributed by atoms with Crippen molar-refractivity contribution in [1.29, 1.82) is 0 Å². The van der Waals surface area contributed by atoms with Crippen molar-refractivity contribution >= 4 is 34.2 Å². The van der Waals surface area contributed by atoms with Crippen molar-refractivity contribution in [2.75, 3.05) is 43.5 Å². The lowest BCUT2D eigenvalue weighted by Crippen LogP contribution is -2.37. The molecule has 4 rings (SSSR count). The first-order chi connectivity index (χ1) is 15.0. The summed E-state index contributed by atoms with van der Waals surface area (Å²) in [5.41, 5.74) is 3.51. The van der Waals surface area contributed by atoms with Crippen LogP contribution in [0.25, 0.3) is 11.0 Å². The summed E-state index contributed by atoms with van der Waals surface area (Å²) in [5, 5.41) is 6.74. The van der Waals surface area contributed by atoms with Gasteiger partial charge in [0, 0.05) is 36.8 Å². The van der Waals surface area contributed by atoms with Crippen LogP contribution in [0.3, 0.4) is 0 Å². The number of hydrogen-bond acceptors (Lipinski definition) is 5. The zero-order chi connectivity index (χ0) is 21.6. The van der Waals surface area contributed by atoms with Gasteiger partial charge in [0.2, 0.25) is 11.8 Å². The van der Waals surface area contributed by atoms with Crippen molar-refractivity contribution in [2.24, 2.45) is 5.92 Å². The van der Waals surface area contributed by atoms with Crippen LogP contribution in [-0.2, 0) is 20.7 Å². The van der Waals surface area contributed by atoms with Crippen molar-refractivity contribution in [3.63, 3.8) is 0 Å². The van der Waals surface area contributed by atoms with Crippen LogP contribution in [0.4, 0.5) is 11.4 Å². The first-order valence-corrected chi connectivity index (χ1v) is 10.5. The van der Waals surface area contributed by atoms with Gasteiger partial charge in [0.25, 0.3) is 0 Å². The molecule has 7 heteroatoms. The molecule has 1 aromatic heterocycles. The maximum Gasteiger partial charge on any atom is 0.238 e. The highest BCUT2D eigenvalue weighted by atomic mass is 16.5. The van der Waals surface area contributed by atoms with Crippen molar-refractivity contribution in [2.45, 2.75) is 13.3 Å². The molecule has 2 heterocycles. The lowest BCUT2D eigenvalue weighted by atomic mass is 9.99. The van der Waals surface area contributed by atoms with E-state index in [1.807, 2.05) is 6.07 Å². The summed E-state index contributed by atoms with van der Waals surface area (Å²) in [6.07, 6.45) is 2.58. The molecule has 2 N–H and O–H groups in total. The van der Waals surface area contributed by atoms with Crippen molar-refractivity contribution in [1.82, 2.24) is 4.90 Å². The lowest BCUT2D eigenvalue weighted by molar-refractivity contribution is -0.117. The van der Waals surface area contributed by atoms with Gasteiger partial charge in [-0.15, -0.1) is 0 Å². The largest absolute Gasteiger partial charge is 0.464 e. The maximum absolute atomic E-state index is 12.6. The van der Waals surface area contributed by atoms with Crippen molar-refractivity contribution < 1.29 is 18.7 Å². The number of anilines is 2. The number of nitrogens with zero attached hydrogens (tertiary/aromatic N) is 1. The molecule has 1 aliphatic heterocycles. The Balaban J connectivity index is 1.31. The van der Waals surface area contributed by atoms with E-state index >= 15 is 0 Å². The summed E-state index contributed by atoms with van der Waals surface area (Å²) in [6, 6.07) is 15.3. The highest BCUT2D eigenvalue weighted by Crippen LogP contribution is 2.21. The third-order valence-corrected chi connectivity index (χ3v) is 5.32. The van der Waals surface area contributed by atoms with Gasteiger partial charge in [-0.3, -0.25) is 14.5 Å². The van der Waals surface area contributed by atoms with Crippen molar-refractivity contribution in [3.8, 4) is 0 Å². The Hall–Kier alpha value is -3.16. The summed E-state index contributed by atoms with van der Waals surface area (Å²) < 4.78 is 11.3. The highest BCUT2D eigenvalue weighted by molar-refractivity contribution is 5.93. The predicted molar refractivity (Wildman–Crippen MR) is 120 cm³/mol. The minimum Gasteiger partial charge on any atom is -0.464 e. The number of fused-ring (bicyclic) bond motifs is 1. The highest BCUT2D eigenvalue weighted by Gasteiger charge is 2.21. The number of furan rings is 1. The average Bonchev–Trinajstić information content (AvgIpc) is 3.09. The molecule has 0 radical (unpaired) electrons. The van der Waals surface area contributed by atoms with E-state index in [0.29, 0.717) is 37.1 Å². The third kappa shape index (κ3) is 5.93. The van der Waals surface area contributed by atoms with Crippen LogP contribution >= 0.6 is 0 Å². The molecule has 1 atom stereocenters. The van der Waals surface area contributed by atoms with Crippen LogP contribution in [0.15, 0.2) is 59.2 Å². The van der Waals surface area contributed by atoms with Gasteiger partial charge >= 0.3 is 0 Å². The Bertz CT molecular complexity index is 1040. The molecule has 1 aliphatic rings. The first-order valence-electron chi connectivity index (χ1n) is 10.5. The monoisotopic (exact) mass is 421 g/mol. The van der Waals surface area contributed by atoms with Gasteiger partial charge in [-0.1, -0.05) is 12.1 Å². The maximum atomic E-state index is 12.6. The molecule has 0 bridgehead atoms. The molecule has 1 unspecified atom stereocenters. The molecule has 0 spiro atoms. The lowest BCUT2D eigenvalue weighted by Gasteiger charge is -2.23. The van der Waals surface area contributed by atoms with E-state index in [-0.39, 0.29) is 11.8 Å². The number of amides is 2. The number of hydrogen-bond donors (Lipinski definition) is 2. The van der Waals surface area contributed by atoms with Gasteiger partial charge in [-0.05, 0) is 54.3 Å². The zero-order valence-corrected chi connectivity index (χ0v) is 17.6. The Morgan fingerprint density at radius 2 is 1.84 bits per heavy atom. The molecule has 1 fully saturated rings. The number of rotatable bonds is 6. The molecule has 0 saturated carbocycles.